The Hall–Kier alpha value is -1.42. The van der Waals surface area contributed by atoms with Gasteiger partial charge in [-0.25, -0.2) is 8.42 Å². The lowest BCUT2D eigenvalue weighted by Gasteiger charge is -2.03. The van der Waals surface area contributed by atoms with Gasteiger partial charge in [-0.3, -0.25) is 11.3 Å². The molecule has 0 saturated heterocycles. The average molecular weight is 225 g/mol. The second kappa shape index (κ2) is 4.89. The number of benzene rings is 1. The molecule has 0 fully saturated rings. The third kappa shape index (κ3) is 3.02. The largest absolute Gasteiger partial charge is 0.271 e. The lowest BCUT2D eigenvalue weighted by Crippen LogP contribution is -2.28. The van der Waals surface area contributed by atoms with Gasteiger partial charge in [0.2, 0.25) is 0 Å². The van der Waals surface area contributed by atoms with E-state index in [1.807, 2.05) is 6.07 Å². The average Bonchev–Trinajstić information content (AvgIpc) is 2.26. The van der Waals surface area contributed by atoms with E-state index in [1.54, 1.807) is 0 Å². The Morgan fingerprint density at radius 2 is 1.93 bits per heavy atom. The van der Waals surface area contributed by atoms with E-state index < -0.39 is 9.84 Å². The monoisotopic (exact) mass is 225 g/mol. The number of hydrogen-bond acceptors (Lipinski definition) is 5. The van der Waals surface area contributed by atoms with Crippen LogP contribution in [0, 0.1) is 11.3 Å². The highest BCUT2D eigenvalue weighted by Crippen LogP contribution is 2.11. The van der Waals surface area contributed by atoms with Crippen LogP contribution in [0.1, 0.15) is 5.56 Å². The summed E-state index contributed by atoms with van der Waals surface area (Å²) in [4.78, 5) is 0.205. The van der Waals surface area contributed by atoms with Crippen LogP contribution in [0.5, 0.6) is 0 Å². The van der Waals surface area contributed by atoms with Gasteiger partial charge in [0, 0.05) is 6.54 Å². The Morgan fingerprint density at radius 1 is 1.33 bits per heavy atom. The van der Waals surface area contributed by atoms with E-state index in [0.717, 1.165) is 0 Å². The minimum atomic E-state index is -3.30. The van der Waals surface area contributed by atoms with Crippen LogP contribution in [-0.2, 0) is 9.84 Å². The van der Waals surface area contributed by atoms with Crippen molar-refractivity contribution < 1.29 is 8.42 Å². The first-order chi connectivity index (χ1) is 7.10. The van der Waals surface area contributed by atoms with Crippen LogP contribution in [0.4, 0.5) is 0 Å². The highest BCUT2D eigenvalue weighted by molar-refractivity contribution is 7.91. The van der Waals surface area contributed by atoms with Crippen LogP contribution >= 0.6 is 0 Å². The lowest BCUT2D eigenvalue weighted by molar-refractivity contribution is 0.592. The fourth-order valence-corrected chi connectivity index (χ4v) is 2.22. The highest BCUT2D eigenvalue weighted by Gasteiger charge is 2.12. The van der Waals surface area contributed by atoms with Gasteiger partial charge in [-0.15, -0.1) is 0 Å². The Balaban J connectivity index is 2.92. The Labute approximate surface area is 88.4 Å². The van der Waals surface area contributed by atoms with Crippen molar-refractivity contribution in [2.45, 2.75) is 4.90 Å². The fraction of sp³-hybridized carbons (Fsp3) is 0.222. The molecule has 1 aromatic carbocycles. The molecule has 5 nitrogen and oxygen atoms in total. The molecule has 0 bridgehead atoms. The maximum absolute atomic E-state index is 11.6. The van der Waals surface area contributed by atoms with E-state index in [2.05, 4.69) is 5.43 Å². The predicted octanol–water partition coefficient (Wildman–Crippen LogP) is -0.205. The summed E-state index contributed by atoms with van der Waals surface area (Å²) in [6.45, 7) is 0.197. The first kappa shape index (κ1) is 11.7. The number of sulfone groups is 1. The summed E-state index contributed by atoms with van der Waals surface area (Å²) in [5.74, 6) is 4.94. The molecule has 0 aromatic heterocycles. The van der Waals surface area contributed by atoms with Crippen LogP contribution in [-0.4, -0.2) is 20.7 Å². The van der Waals surface area contributed by atoms with E-state index in [-0.39, 0.29) is 17.2 Å². The lowest BCUT2D eigenvalue weighted by atomic mass is 10.2. The molecule has 3 N–H and O–H groups in total. The van der Waals surface area contributed by atoms with Crippen LogP contribution in [0.2, 0.25) is 0 Å². The molecule has 15 heavy (non-hydrogen) atoms. The van der Waals surface area contributed by atoms with Crippen molar-refractivity contribution in [2.24, 2.45) is 5.84 Å². The first-order valence-corrected chi connectivity index (χ1v) is 5.92. The van der Waals surface area contributed by atoms with Gasteiger partial charge in [0.1, 0.15) is 0 Å². The van der Waals surface area contributed by atoms with Crippen LogP contribution in [0.15, 0.2) is 29.2 Å². The fourth-order valence-electron chi connectivity index (χ4n) is 1.05. The second-order valence-electron chi connectivity index (χ2n) is 2.91. The van der Waals surface area contributed by atoms with Gasteiger partial charge in [0.05, 0.1) is 22.3 Å². The standard InChI is InChI=1S/C9H11N3O2S/c10-7-8-1-3-9(4-2-8)15(13,14)6-5-12-11/h1-4,12H,5-6,11H2. The van der Waals surface area contributed by atoms with Crippen LogP contribution < -0.4 is 11.3 Å². The maximum Gasteiger partial charge on any atom is 0.179 e. The summed E-state index contributed by atoms with van der Waals surface area (Å²) in [6, 6.07) is 7.71. The quantitative estimate of drug-likeness (QED) is 0.546. The summed E-state index contributed by atoms with van der Waals surface area (Å²) < 4.78 is 23.2. The summed E-state index contributed by atoms with van der Waals surface area (Å²) in [5, 5.41) is 8.55. The summed E-state index contributed by atoms with van der Waals surface area (Å²) in [5.41, 5.74) is 2.72. The molecule has 1 rings (SSSR count). The Bertz CT molecular complexity index is 459. The normalized spacial score (nSPS) is 10.9. The number of hydrazine groups is 1. The molecule has 0 aliphatic rings. The van der Waals surface area contributed by atoms with Crippen molar-refractivity contribution in [3.05, 3.63) is 29.8 Å². The molecule has 0 saturated carbocycles. The molecular weight excluding hydrogens is 214 g/mol. The van der Waals surface area contributed by atoms with Crippen molar-refractivity contribution in [3.63, 3.8) is 0 Å². The van der Waals surface area contributed by atoms with Gasteiger partial charge in [-0.2, -0.15) is 5.26 Å². The van der Waals surface area contributed by atoms with Crippen LogP contribution in [0.25, 0.3) is 0 Å². The maximum atomic E-state index is 11.6. The van der Waals surface area contributed by atoms with Gasteiger partial charge in [0.25, 0.3) is 0 Å². The zero-order chi connectivity index (χ0) is 11.3. The van der Waals surface area contributed by atoms with Crippen molar-refractivity contribution in [1.29, 1.82) is 5.26 Å². The molecule has 0 amide bonds. The Morgan fingerprint density at radius 3 is 2.40 bits per heavy atom. The SMILES string of the molecule is N#Cc1ccc(S(=O)(=O)CCNN)cc1. The van der Waals surface area contributed by atoms with E-state index in [0.29, 0.717) is 5.56 Å². The molecule has 0 spiro atoms. The molecule has 0 radical (unpaired) electrons. The smallest absolute Gasteiger partial charge is 0.179 e. The molecule has 0 heterocycles. The number of hydrogen-bond donors (Lipinski definition) is 2. The van der Waals surface area contributed by atoms with E-state index in [4.69, 9.17) is 11.1 Å². The predicted molar refractivity (Wildman–Crippen MR) is 55.4 cm³/mol. The summed E-state index contributed by atoms with van der Waals surface area (Å²) in [7, 11) is -3.30. The molecule has 6 heteroatoms. The minimum Gasteiger partial charge on any atom is -0.271 e. The number of nitrogens with two attached hydrogens (primary N) is 1. The van der Waals surface area contributed by atoms with Gasteiger partial charge in [-0.1, -0.05) is 0 Å². The topological polar surface area (TPSA) is 96.0 Å². The highest BCUT2D eigenvalue weighted by atomic mass is 32.2. The number of rotatable bonds is 4. The van der Waals surface area contributed by atoms with Gasteiger partial charge >= 0.3 is 0 Å². The molecule has 0 aliphatic heterocycles. The van der Waals surface area contributed by atoms with E-state index in [1.165, 1.54) is 24.3 Å². The first-order valence-electron chi connectivity index (χ1n) is 4.26. The van der Waals surface area contributed by atoms with Gasteiger partial charge in [-0.05, 0) is 24.3 Å². The van der Waals surface area contributed by atoms with Crippen molar-refractivity contribution in [1.82, 2.24) is 5.43 Å². The molecule has 0 unspecified atom stereocenters. The van der Waals surface area contributed by atoms with E-state index in [9.17, 15) is 8.42 Å². The number of nitriles is 1. The van der Waals surface area contributed by atoms with Gasteiger partial charge in [0.15, 0.2) is 9.84 Å². The molecule has 0 aliphatic carbocycles. The zero-order valence-corrected chi connectivity index (χ0v) is 8.79. The van der Waals surface area contributed by atoms with E-state index >= 15 is 0 Å². The minimum absolute atomic E-state index is 0.0601. The van der Waals surface area contributed by atoms with Crippen molar-refractivity contribution in [2.75, 3.05) is 12.3 Å². The molecule has 1 aromatic rings. The van der Waals surface area contributed by atoms with Crippen molar-refractivity contribution in [3.8, 4) is 6.07 Å². The summed E-state index contributed by atoms with van der Waals surface area (Å²) >= 11 is 0. The molecule has 80 valence electrons. The number of nitrogens with zero attached hydrogens (tertiary/aromatic N) is 1. The second-order valence-corrected chi connectivity index (χ2v) is 5.02. The summed E-state index contributed by atoms with van der Waals surface area (Å²) in [6.07, 6.45) is 0. The van der Waals surface area contributed by atoms with Crippen molar-refractivity contribution >= 4 is 9.84 Å². The third-order valence-electron chi connectivity index (χ3n) is 1.86. The zero-order valence-electron chi connectivity index (χ0n) is 7.97. The Kier molecular flexibility index (Phi) is 3.80. The van der Waals surface area contributed by atoms with Gasteiger partial charge < -0.3 is 0 Å². The molecule has 0 atom stereocenters. The van der Waals surface area contributed by atoms with Crippen LogP contribution in [0.3, 0.4) is 0 Å². The number of nitrogens with one attached hydrogen (secondary N) is 1. The molecular formula is C9H11N3O2S. The third-order valence-corrected chi connectivity index (χ3v) is 3.59.